The zero-order chi connectivity index (χ0) is 12.1. The zero-order valence-electron chi connectivity index (χ0n) is 9.31. The van der Waals surface area contributed by atoms with E-state index in [0.29, 0.717) is 18.8 Å². The van der Waals surface area contributed by atoms with Crippen LogP contribution in [0.15, 0.2) is 36.7 Å². The molecule has 2 aromatic rings. The Labute approximate surface area is 99.1 Å². The smallest absolute Gasteiger partial charge is 0.227 e. The summed E-state index contributed by atoms with van der Waals surface area (Å²) in [5, 5.41) is 2.67. The summed E-state index contributed by atoms with van der Waals surface area (Å²) in [6.07, 6.45) is 4.36. The highest BCUT2D eigenvalue weighted by atomic mass is 16.1. The van der Waals surface area contributed by atoms with Crippen molar-refractivity contribution in [2.24, 2.45) is 0 Å². The van der Waals surface area contributed by atoms with Crippen LogP contribution in [-0.2, 0) is 11.2 Å². The summed E-state index contributed by atoms with van der Waals surface area (Å²) in [6.45, 7) is 0. The molecule has 0 spiro atoms. The molecule has 0 radical (unpaired) electrons. The normalized spacial score (nSPS) is 10.1. The van der Waals surface area contributed by atoms with E-state index < -0.39 is 0 Å². The van der Waals surface area contributed by atoms with Crippen molar-refractivity contribution in [3.63, 3.8) is 0 Å². The number of carbonyl (C=O) groups excluding carboxylic acids is 1. The number of nitrogens with two attached hydrogens (primary N) is 1. The molecule has 0 aliphatic heterocycles. The summed E-state index contributed by atoms with van der Waals surface area (Å²) in [4.78, 5) is 18.3. The van der Waals surface area contributed by atoms with E-state index in [9.17, 15) is 4.79 Å². The number of carbonyl (C=O) groups is 1. The number of nitrogens with zero attached hydrogens (tertiary/aromatic N) is 1. The maximum Gasteiger partial charge on any atom is 0.227 e. The summed E-state index contributed by atoms with van der Waals surface area (Å²) in [6, 6.07) is 7.52. The van der Waals surface area contributed by atoms with Crippen molar-refractivity contribution in [1.82, 2.24) is 9.97 Å². The fourth-order valence-electron chi connectivity index (χ4n) is 1.47. The maximum absolute atomic E-state index is 11.6. The van der Waals surface area contributed by atoms with Crippen LogP contribution < -0.4 is 11.1 Å². The lowest BCUT2D eigenvalue weighted by molar-refractivity contribution is -0.116. The van der Waals surface area contributed by atoms with Crippen LogP contribution in [0, 0.1) is 0 Å². The lowest BCUT2D eigenvalue weighted by Crippen LogP contribution is -2.13. The van der Waals surface area contributed by atoms with Gasteiger partial charge in [-0.25, -0.2) is 4.98 Å². The highest BCUT2D eigenvalue weighted by Gasteiger charge is 2.04. The number of rotatable bonds is 4. The molecule has 0 atom stereocenters. The van der Waals surface area contributed by atoms with Gasteiger partial charge in [0, 0.05) is 24.5 Å². The van der Waals surface area contributed by atoms with E-state index in [2.05, 4.69) is 15.3 Å². The van der Waals surface area contributed by atoms with Crippen molar-refractivity contribution < 1.29 is 4.79 Å². The van der Waals surface area contributed by atoms with Gasteiger partial charge in [-0.2, -0.15) is 0 Å². The Hall–Kier alpha value is -2.30. The number of amides is 1. The van der Waals surface area contributed by atoms with Crippen molar-refractivity contribution in [1.29, 1.82) is 0 Å². The van der Waals surface area contributed by atoms with Crippen molar-refractivity contribution in [3.8, 4) is 0 Å². The van der Waals surface area contributed by atoms with Gasteiger partial charge in [-0.3, -0.25) is 10.1 Å². The molecule has 1 heterocycles. The van der Waals surface area contributed by atoms with E-state index in [1.165, 1.54) is 0 Å². The third-order valence-electron chi connectivity index (χ3n) is 2.38. The number of nitrogens with one attached hydrogen (secondary N) is 2. The molecule has 1 aromatic carbocycles. The molecule has 1 aromatic heterocycles. The number of hydrogen-bond acceptors (Lipinski definition) is 3. The van der Waals surface area contributed by atoms with Crippen LogP contribution in [0.3, 0.4) is 0 Å². The molecular formula is C12H14N4O. The summed E-state index contributed by atoms with van der Waals surface area (Å²) in [7, 11) is 0. The number of benzene rings is 1. The van der Waals surface area contributed by atoms with Crippen LogP contribution in [0.5, 0.6) is 0 Å². The molecule has 0 saturated heterocycles. The highest BCUT2D eigenvalue weighted by molar-refractivity contribution is 5.89. The first kappa shape index (κ1) is 11.2. The molecule has 0 bridgehead atoms. The van der Waals surface area contributed by atoms with Gasteiger partial charge < -0.3 is 10.7 Å². The molecule has 0 aliphatic rings. The molecule has 2 rings (SSSR count). The number of aryl methyl sites for hydroxylation is 1. The Kier molecular flexibility index (Phi) is 3.40. The molecule has 0 fully saturated rings. The van der Waals surface area contributed by atoms with E-state index in [0.717, 1.165) is 11.3 Å². The second-order valence-electron chi connectivity index (χ2n) is 3.73. The van der Waals surface area contributed by atoms with Crippen LogP contribution in [-0.4, -0.2) is 15.9 Å². The maximum atomic E-state index is 11.6. The monoisotopic (exact) mass is 230 g/mol. The largest absolute Gasteiger partial charge is 0.399 e. The van der Waals surface area contributed by atoms with Gasteiger partial charge in [-0.05, 0) is 24.1 Å². The number of imidazole rings is 1. The second kappa shape index (κ2) is 5.16. The molecule has 17 heavy (non-hydrogen) atoms. The number of aromatic nitrogens is 2. The number of aromatic amines is 1. The SMILES string of the molecule is Nc1ccc(CCC(=O)Nc2ncc[nH]2)cc1. The van der Waals surface area contributed by atoms with Gasteiger partial charge >= 0.3 is 0 Å². The summed E-state index contributed by atoms with van der Waals surface area (Å²) >= 11 is 0. The second-order valence-corrected chi connectivity index (χ2v) is 3.73. The molecule has 0 unspecified atom stereocenters. The first-order valence-corrected chi connectivity index (χ1v) is 5.38. The van der Waals surface area contributed by atoms with Gasteiger partial charge in [0.1, 0.15) is 0 Å². The van der Waals surface area contributed by atoms with Gasteiger partial charge in [-0.15, -0.1) is 0 Å². The van der Waals surface area contributed by atoms with Crippen LogP contribution in [0.25, 0.3) is 0 Å². The third-order valence-corrected chi connectivity index (χ3v) is 2.38. The molecular weight excluding hydrogens is 216 g/mol. The van der Waals surface area contributed by atoms with E-state index in [1.807, 2.05) is 24.3 Å². The first-order valence-electron chi connectivity index (χ1n) is 5.38. The molecule has 1 amide bonds. The number of anilines is 2. The Balaban J connectivity index is 1.82. The van der Waals surface area contributed by atoms with Gasteiger partial charge in [0.2, 0.25) is 11.9 Å². The Morgan fingerprint density at radius 1 is 1.35 bits per heavy atom. The van der Waals surface area contributed by atoms with E-state index in [1.54, 1.807) is 12.4 Å². The molecule has 5 nitrogen and oxygen atoms in total. The van der Waals surface area contributed by atoms with E-state index >= 15 is 0 Å². The van der Waals surface area contributed by atoms with Gasteiger partial charge in [0.25, 0.3) is 0 Å². The Morgan fingerprint density at radius 2 is 2.12 bits per heavy atom. The van der Waals surface area contributed by atoms with E-state index in [-0.39, 0.29) is 5.91 Å². The van der Waals surface area contributed by atoms with Crippen molar-refractivity contribution in [2.75, 3.05) is 11.1 Å². The Morgan fingerprint density at radius 3 is 2.76 bits per heavy atom. The van der Waals surface area contributed by atoms with Crippen molar-refractivity contribution in [2.45, 2.75) is 12.8 Å². The lowest BCUT2D eigenvalue weighted by Gasteiger charge is -2.02. The molecule has 88 valence electrons. The minimum absolute atomic E-state index is 0.0585. The van der Waals surface area contributed by atoms with E-state index in [4.69, 9.17) is 5.73 Å². The average Bonchev–Trinajstić information content (AvgIpc) is 2.81. The van der Waals surface area contributed by atoms with Gasteiger partial charge in [0.05, 0.1) is 0 Å². The topological polar surface area (TPSA) is 83.8 Å². The molecule has 5 heteroatoms. The minimum atomic E-state index is -0.0585. The zero-order valence-corrected chi connectivity index (χ0v) is 9.31. The summed E-state index contributed by atoms with van der Waals surface area (Å²) in [5.74, 6) is 0.420. The summed E-state index contributed by atoms with van der Waals surface area (Å²) < 4.78 is 0. The summed E-state index contributed by atoms with van der Waals surface area (Å²) in [5.41, 5.74) is 7.40. The van der Waals surface area contributed by atoms with Crippen molar-refractivity contribution >= 4 is 17.5 Å². The third kappa shape index (κ3) is 3.34. The van der Waals surface area contributed by atoms with Gasteiger partial charge in [-0.1, -0.05) is 12.1 Å². The first-order chi connectivity index (χ1) is 8.24. The fraction of sp³-hybridized carbons (Fsp3) is 0.167. The average molecular weight is 230 g/mol. The van der Waals surface area contributed by atoms with Crippen LogP contribution in [0.1, 0.15) is 12.0 Å². The van der Waals surface area contributed by atoms with Gasteiger partial charge in [0.15, 0.2) is 0 Å². The quantitative estimate of drug-likeness (QED) is 0.697. The fourth-order valence-corrected chi connectivity index (χ4v) is 1.47. The van der Waals surface area contributed by atoms with Crippen LogP contribution in [0.4, 0.5) is 11.6 Å². The Bertz CT molecular complexity index is 476. The predicted octanol–water partition coefficient (Wildman–Crippen LogP) is 1.56. The van der Waals surface area contributed by atoms with Crippen molar-refractivity contribution in [3.05, 3.63) is 42.2 Å². The molecule has 0 saturated carbocycles. The number of hydrogen-bond donors (Lipinski definition) is 3. The minimum Gasteiger partial charge on any atom is -0.399 e. The number of H-pyrrole nitrogens is 1. The molecule has 4 N–H and O–H groups in total. The highest BCUT2D eigenvalue weighted by Crippen LogP contribution is 2.08. The van der Waals surface area contributed by atoms with Crippen LogP contribution >= 0.6 is 0 Å². The predicted molar refractivity (Wildman–Crippen MR) is 66.4 cm³/mol. The standard InChI is InChI=1S/C12H14N4O/c13-10-4-1-9(2-5-10)3-6-11(17)16-12-14-7-8-15-12/h1-2,4-5,7-8H,3,6,13H2,(H2,14,15,16,17). The molecule has 0 aliphatic carbocycles. The number of nitrogen functional groups attached to an aromatic ring is 1. The van der Waals surface area contributed by atoms with Crippen LogP contribution in [0.2, 0.25) is 0 Å². The lowest BCUT2D eigenvalue weighted by atomic mass is 10.1.